The first kappa shape index (κ1) is 26.3. The van der Waals surface area contributed by atoms with Crippen LogP contribution in [0.15, 0.2) is 82.3 Å². The van der Waals surface area contributed by atoms with Crippen LogP contribution in [-0.4, -0.2) is 29.5 Å². The van der Waals surface area contributed by atoms with Crippen LogP contribution in [-0.2, 0) is 14.3 Å². The van der Waals surface area contributed by atoms with Crippen molar-refractivity contribution >= 4 is 17.6 Å². The molecule has 1 aromatic heterocycles. The van der Waals surface area contributed by atoms with E-state index in [4.69, 9.17) is 36.3 Å². The number of nitrogens with two attached hydrogens (primary N) is 1. The predicted octanol–water partition coefficient (Wildman–Crippen LogP) is 4.33. The van der Waals surface area contributed by atoms with Crippen molar-refractivity contribution in [2.45, 2.75) is 19.8 Å². The van der Waals surface area contributed by atoms with Gasteiger partial charge in [-0.25, -0.2) is 4.79 Å². The number of carbonyl (C=O) groups excluding carboxylic acids is 1. The van der Waals surface area contributed by atoms with Crippen LogP contribution in [0.1, 0.15) is 25.3 Å². The van der Waals surface area contributed by atoms with E-state index in [9.17, 15) is 14.9 Å². The van der Waals surface area contributed by atoms with Gasteiger partial charge in [0.15, 0.2) is 22.3 Å². The van der Waals surface area contributed by atoms with E-state index in [0.29, 0.717) is 11.3 Å². The largest absolute Gasteiger partial charge is 0.493 e. The highest BCUT2D eigenvalue weighted by molar-refractivity contribution is 6.31. The fraction of sp³-hybridized carbons (Fsp3) is 0.185. The number of nitrogens with zero attached hydrogens (tertiary/aromatic N) is 3. The molecule has 4 rings (SSSR count). The monoisotopic (exact) mass is 534 g/mol. The molecular formula is C27H23ClN4O6. The Bertz CT molecular complexity index is 1560. The highest BCUT2D eigenvalue weighted by Crippen LogP contribution is 2.43. The molecule has 2 aromatic carbocycles. The zero-order chi connectivity index (χ0) is 27.4. The van der Waals surface area contributed by atoms with Gasteiger partial charge in [0.1, 0.15) is 17.4 Å². The molecule has 10 nitrogen and oxygen atoms in total. The quantitative estimate of drug-likeness (QED) is 0.438. The van der Waals surface area contributed by atoms with Gasteiger partial charge in [-0.3, -0.25) is 4.79 Å². The summed E-state index contributed by atoms with van der Waals surface area (Å²) in [6.07, 6.45) is 1.32. The number of rotatable bonds is 7. The fourth-order valence-electron chi connectivity index (χ4n) is 4.00. The number of methoxy groups -OCH3 is 1. The number of aromatic nitrogens is 2. The number of para-hydroxylation sites is 1. The minimum atomic E-state index is -0.865. The molecule has 1 aliphatic rings. The number of esters is 1. The van der Waals surface area contributed by atoms with E-state index in [1.807, 2.05) is 12.1 Å². The molecule has 2 heterocycles. The zero-order valence-corrected chi connectivity index (χ0v) is 21.5. The molecule has 1 aliphatic heterocycles. The SMILES string of the molecule is CCOC(=O)C1=C(C)OC(N)=C(C#N)C1c1ccc(Oc2cnn(-c3ccccc3)c(=O)c2Cl)c(OC)c1. The van der Waals surface area contributed by atoms with Gasteiger partial charge in [-0.15, -0.1) is 0 Å². The summed E-state index contributed by atoms with van der Waals surface area (Å²) in [4.78, 5) is 25.6. The molecule has 0 saturated carbocycles. The van der Waals surface area contributed by atoms with Crippen molar-refractivity contribution in [2.75, 3.05) is 13.7 Å². The van der Waals surface area contributed by atoms with Crippen LogP contribution in [0.2, 0.25) is 5.02 Å². The maximum absolute atomic E-state index is 12.8. The third-order valence-corrected chi connectivity index (χ3v) is 6.08. The van der Waals surface area contributed by atoms with Crippen LogP contribution in [0.5, 0.6) is 17.2 Å². The van der Waals surface area contributed by atoms with E-state index in [-0.39, 0.29) is 51.7 Å². The lowest BCUT2D eigenvalue weighted by Gasteiger charge is -2.27. The second kappa shape index (κ2) is 11.1. The van der Waals surface area contributed by atoms with Crippen molar-refractivity contribution in [1.29, 1.82) is 5.26 Å². The van der Waals surface area contributed by atoms with Crippen molar-refractivity contribution in [3.05, 3.63) is 98.5 Å². The lowest BCUT2D eigenvalue weighted by Crippen LogP contribution is -2.25. The molecule has 1 atom stereocenters. The Morgan fingerprint density at radius 3 is 2.61 bits per heavy atom. The Balaban J connectivity index is 1.73. The standard InChI is InChI=1S/C27H23ClN4O6/c1-4-36-27(34)22-15(2)37-25(30)18(13-29)23(22)16-10-11-19(20(12-16)35-3)38-21-14-31-32(26(33)24(21)28)17-8-6-5-7-9-17/h5-12,14,23H,4,30H2,1-3H3. The molecule has 0 aliphatic carbocycles. The minimum absolute atomic E-state index is 0.0192. The van der Waals surface area contributed by atoms with Crippen molar-refractivity contribution in [3.63, 3.8) is 0 Å². The molecule has 0 fully saturated rings. The number of hydrogen-bond acceptors (Lipinski definition) is 9. The number of benzene rings is 2. The van der Waals surface area contributed by atoms with Crippen LogP contribution in [0.25, 0.3) is 5.69 Å². The molecule has 3 aromatic rings. The average Bonchev–Trinajstić information content (AvgIpc) is 2.91. The van der Waals surface area contributed by atoms with Crippen LogP contribution in [0, 0.1) is 11.3 Å². The predicted molar refractivity (Wildman–Crippen MR) is 138 cm³/mol. The van der Waals surface area contributed by atoms with Gasteiger partial charge in [-0.05, 0) is 43.7 Å². The summed E-state index contributed by atoms with van der Waals surface area (Å²) in [5.41, 5.74) is 6.65. The molecule has 194 valence electrons. The van der Waals surface area contributed by atoms with Crippen LogP contribution in [0.3, 0.4) is 0 Å². The molecule has 2 N–H and O–H groups in total. The lowest BCUT2D eigenvalue weighted by molar-refractivity contribution is -0.139. The topological polar surface area (TPSA) is 139 Å². The van der Waals surface area contributed by atoms with Gasteiger partial charge in [-0.2, -0.15) is 15.0 Å². The van der Waals surface area contributed by atoms with Gasteiger partial charge < -0.3 is 24.7 Å². The van der Waals surface area contributed by atoms with Crippen molar-refractivity contribution in [1.82, 2.24) is 9.78 Å². The summed E-state index contributed by atoms with van der Waals surface area (Å²) < 4.78 is 23.2. The Kier molecular flexibility index (Phi) is 7.69. The van der Waals surface area contributed by atoms with Gasteiger partial charge in [0.2, 0.25) is 5.88 Å². The van der Waals surface area contributed by atoms with E-state index in [2.05, 4.69) is 5.10 Å². The van der Waals surface area contributed by atoms with E-state index in [1.54, 1.807) is 56.3 Å². The molecular weight excluding hydrogens is 512 g/mol. The minimum Gasteiger partial charge on any atom is -0.493 e. The second-order valence-corrected chi connectivity index (χ2v) is 8.38. The molecule has 0 bridgehead atoms. The molecule has 0 saturated heterocycles. The van der Waals surface area contributed by atoms with Crippen LogP contribution in [0.4, 0.5) is 0 Å². The summed E-state index contributed by atoms with van der Waals surface area (Å²) in [6, 6.07) is 15.6. The first-order valence-electron chi connectivity index (χ1n) is 11.4. The Morgan fingerprint density at radius 2 is 1.95 bits per heavy atom. The van der Waals surface area contributed by atoms with Gasteiger partial charge in [0.25, 0.3) is 5.56 Å². The number of ether oxygens (including phenoxy) is 4. The Morgan fingerprint density at radius 1 is 1.21 bits per heavy atom. The van der Waals surface area contributed by atoms with Crippen molar-refractivity contribution < 1.29 is 23.7 Å². The van der Waals surface area contributed by atoms with E-state index < -0.39 is 17.4 Å². The number of hydrogen-bond donors (Lipinski definition) is 1. The Hall–Kier alpha value is -4.75. The number of carbonyl (C=O) groups is 1. The summed E-state index contributed by atoms with van der Waals surface area (Å²) >= 11 is 6.33. The number of allylic oxidation sites excluding steroid dienone is 2. The highest BCUT2D eigenvalue weighted by Gasteiger charge is 2.36. The van der Waals surface area contributed by atoms with Gasteiger partial charge in [-0.1, -0.05) is 35.9 Å². The smallest absolute Gasteiger partial charge is 0.338 e. The summed E-state index contributed by atoms with van der Waals surface area (Å²) in [5.74, 6) is -0.903. The normalized spacial score (nSPS) is 15.0. The zero-order valence-electron chi connectivity index (χ0n) is 20.7. The molecule has 0 spiro atoms. The van der Waals surface area contributed by atoms with Crippen molar-refractivity contribution in [2.24, 2.45) is 5.73 Å². The first-order valence-corrected chi connectivity index (χ1v) is 11.8. The van der Waals surface area contributed by atoms with Crippen LogP contribution < -0.4 is 20.8 Å². The molecule has 0 amide bonds. The number of halogens is 1. The number of nitriles is 1. The average molecular weight is 535 g/mol. The summed E-state index contributed by atoms with van der Waals surface area (Å²) in [7, 11) is 1.42. The van der Waals surface area contributed by atoms with Gasteiger partial charge in [0.05, 0.1) is 37.1 Å². The van der Waals surface area contributed by atoms with Gasteiger partial charge in [0, 0.05) is 0 Å². The van der Waals surface area contributed by atoms with E-state index in [0.717, 1.165) is 4.68 Å². The molecule has 1 unspecified atom stereocenters. The second-order valence-electron chi connectivity index (χ2n) is 8.00. The Labute approximate surface area is 223 Å². The maximum Gasteiger partial charge on any atom is 0.338 e. The van der Waals surface area contributed by atoms with E-state index >= 15 is 0 Å². The first-order chi connectivity index (χ1) is 18.3. The lowest BCUT2D eigenvalue weighted by atomic mass is 9.83. The van der Waals surface area contributed by atoms with Gasteiger partial charge >= 0.3 is 5.97 Å². The summed E-state index contributed by atoms with van der Waals surface area (Å²) in [5, 5.41) is 13.8. The molecule has 38 heavy (non-hydrogen) atoms. The third-order valence-electron chi connectivity index (χ3n) is 5.73. The highest BCUT2D eigenvalue weighted by atomic mass is 35.5. The van der Waals surface area contributed by atoms with Crippen LogP contribution >= 0.6 is 11.6 Å². The third kappa shape index (κ3) is 4.92. The molecule has 0 radical (unpaired) electrons. The summed E-state index contributed by atoms with van der Waals surface area (Å²) in [6.45, 7) is 3.38. The fourth-order valence-corrected chi connectivity index (χ4v) is 4.16. The molecule has 11 heteroatoms. The van der Waals surface area contributed by atoms with E-state index in [1.165, 1.54) is 13.3 Å². The maximum atomic E-state index is 12.8. The van der Waals surface area contributed by atoms with Crippen molar-refractivity contribution in [3.8, 4) is 29.0 Å².